The van der Waals surface area contributed by atoms with Crippen LogP contribution in [0.3, 0.4) is 0 Å². The van der Waals surface area contributed by atoms with Gasteiger partial charge in [-0.25, -0.2) is 4.79 Å². The van der Waals surface area contributed by atoms with Crippen molar-refractivity contribution in [2.24, 2.45) is 16.6 Å². The Balaban J connectivity index is 2.84. The van der Waals surface area contributed by atoms with E-state index in [-0.39, 0.29) is 6.03 Å². The molecule has 0 aromatic heterocycles. The summed E-state index contributed by atoms with van der Waals surface area (Å²) in [6.07, 6.45) is 3.58. The molecule has 4 nitrogen and oxygen atoms in total. The van der Waals surface area contributed by atoms with Gasteiger partial charge in [-0.2, -0.15) is 4.99 Å². The van der Waals surface area contributed by atoms with E-state index in [0.29, 0.717) is 18.3 Å². The maximum absolute atomic E-state index is 11.6. The summed E-state index contributed by atoms with van der Waals surface area (Å²) in [5.41, 5.74) is 5.43. The fourth-order valence-corrected chi connectivity index (χ4v) is 1.87. The monoisotopic (exact) mass is 223 g/mol. The van der Waals surface area contributed by atoms with Gasteiger partial charge < -0.3 is 10.6 Å². The Morgan fingerprint density at radius 2 is 2.25 bits per heavy atom. The zero-order valence-electron chi connectivity index (χ0n) is 10.4. The molecular formula is C12H21N3O. The molecule has 0 radical (unpaired) electrons. The van der Waals surface area contributed by atoms with Crippen LogP contribution in [0.4, 0.5) is 4.79 Å². The Hall–Kier alpha value is -1.32. The average molecular weight is 223 g/mol. The van der Waals surface area contributed by atoms with E-state index in [1.54, 1.807) is 11.0 Å². The van der Waals surface area contributed by atoms with E-state index in [1.165, 1.54) is 0 Å². The molecule has 0 aliphatic carbocycles. The number of hydrogen-bond acceptors (Lipinski definition) is 2. The summed E-state index contributed by atoms with van der Waals surface area (Å²) in [5, 5.41) is 0. The van der Waals surface area contributed by atoms with E-state index in [0.717, 1.165) is 12.8 Å². The van der Waals surface area contributed by atoms with E-state index < -0.39 is 5.54 Å². The first-order valence-corrected chi connectivity index (χ1v) is 5.69. The van der Waals surface area contributed by atoms with Crippen molar-refractivity contribution in [1.29, 1.82) is 0 Å². The molecule has 90 valence electrons. The van der Waals surface area contributed by atoms with Crippen LogP contribution in [0.2, 0.25) is 0 Å². The average Bonchev–Trinajstić information content (AvgIpc) is 2.40. The molecular weight excluding hydrogens is 202 g/mol. The van der Waals surface area contributed by atoms with E-state index >= 15 is 0 Å². The van der Waals surface area contributed by atoms with Crippen molar-refractivity contribution in [3.63, 3.8) is 0 Å². The first-order chi connectivity index (χ1) is 7.41. The lowest BCUT2D eigenvalue weighted by Gasteiger charge is -2.34. The molecule has 16 heavy (non-hydrogen) atoms. The standard InChI is InChI=1S/C12H21N3O/c1-5-8-15-11(16)14-10(13)12(15,4)7-6-9(2)3/h5,9H,1,6-8H2,2-4H3,(H2,13,14,16). The van der Waals surface area contributed by atoms with Gasteiger partial charge in [0.2, 0.25) is 0 Å². The predicted octanol–water partition coefficient (Wildman–Crippen LogP) is 2.16. The second-order valence-electron chi connectivity index (χ2n) is 4.89. The van der Waals surface area contributed by atoms with Gasteiger partial charge in [-0.3, -0.25) is 0 Å². The second-order valence-corrected chi connectivity index (χ2v) is 4.89. The molecule has 2 amide bonds. The highest BCUT2D eigenvalue weighted by Gasteiger charge is 2.43. The third-order valence-electron chi connectivity index (χ3n) is 3.11. The Morgan fingerprint density at radius 3 is 2.75 bits per heavy atom. The number of carbonyl (C=O) groups is 1. The molecule has 1 aliphatic heterocycles. The smallest absolute Gasteiger partial charge is 0.346 e. The molecule has 0 aromatic carbocycles. The number of aliphatic imine (C=N–C) groups is 1. The van der Waals surface area contributed by atoms with Crippen LogP contribution in [0.1, 0.15) is 33.6 Å². The molecule has 0 saturated carbocycles. The SMILES string of the molecule is C=CCN1C(=O)N=C(N)C1(C)CCC(C)C. The molecule has 1 atom stereocenters. The number of rotatable bonds is 5. The first-order valence-electron chi connectivity index (χ1n) is 5.69. The lowest BCUT2D eigenvalue weighted by molar-refractivity contribution is 0.179. The maximum Gasteiger partial charge on any atom is 0.346 e. The van der Waals surface area contributed by atoms with Crippen LogP contribution in [0, 0.1) is 5.92 Å². The highest BCUT2D eigenvalue weighted by Crippen LogP contribution is 2.29. The van der Waals surface area contributed by atoms with Crippen molar-refractivity contribution >= 4 is 11.9 Å². The molecule has 1 unspecified atom stereocenters. The zero-order chi connectivity index (χ0) is 12.3. The van der Waals surface area contributed by atoms with Crippen molar-refractivity contribution in [3.05, 3.63) is 12.7 Å². The summed E-state index contributed by atoms with van der Waals surface area (Å²) in [4.78, 5) is 17.2. The predicted molar refractivity (Wildman–Crippen MR) is 66.4 cm³/mol. The molecule has 0 bridgehead atoms. The molecule has 1 rings (SSSR count). The van der Waals surface area contributed by atoms with Crippen LogP contribution >= 0.6 is 0 Å². The van der Waals surface area contributed by atoms with Crippen LogP contribution in [-0.4, -0.2) is 28.9 Å². The summed E-state index contributed by atoms with van der Waals surface area (Å²) in [6, 6.07) is -0.247. The van der Waals surface area contributed by atoms with Gasteiger partial charge in [0, 0.05) is 6.54 Å². The molecule has 0 aromatic rings. The minimum atomic E-state index is -0.435. The van der Waals surface area contributed by atoms with Crippen LogP contribution in [0.5, 0.6) is 0 Å². The molecule has 0 fully saturated rings. The van der Waals surface area contributed by atoms with Crippen LogP contribution in [-0.2, 0) is 0 Å². The van der Waals surface area contributed by atoms with Crippen molar-refractivity contribution < 1.29 is 4.79 Å². The van der Waals surface area contributed by atoms with Crippen molar-refractivity contribution in [2.45, 2.75) is 39.2 Å². The summed E-state index contributed by atoms with van der Waals surface area (Å²) in [5.74, 6) is 1.02. The normalized spacial score (nSPS) is 25.1. The fraction of sp³-hybridized carbons (Fsp3) is 0.667. The fourth-order valence-electron chi connectivity index (χ4n) is 1.87. The van der Waals surface area contributed by atoms with Crippen molar-refractivity contribution in [2.75, 3.05) is 6.54 Å². The number of urea groups is 1. The van der Waals surface area contributed by atoms with Gasteiger partial charge in [0.15, 0.2) is 0 Å². The molecule has 2 N–H and O–H groups in total. The van der Waals surface area contributed by atoms with Crippen molar-refractivity contribution in [1.82, 2.24) is 4.90 Å². The third-order valence-corrected chi connectivity index (χ3v) is 3.11. The van der Waals surface area contributed by atoms with E-state index in [4.69, 9.17) is 5.73 Å². The zero-order valence-corrected chi connectivity index (χ0v) is 10.4. The van der Waals surface area contributed by atoms with Gasteiger partial charge in [-0.15, -0.1) is 6.58 Å². The largest absolute Gasteiger partial charge is 0.385 e. The van der Waals surface area contributed by atoms with Crippen LogP contribution in [0.15, 0.2) is 17.6 Å². The van der Waals surface area contributed by atoms with Gasteiger partial charge in [0.25, 0.3) is 0 Å². The van der Waals surface area contributed by atoms with E-state index in [1.807, 2.05) is 6.92 Å². The number of amidine groups is 1. The number of nitrogens with zero attached hydrogens (tertiary/aromatic N) is 2. The highest BCUT2D eigenvalue weighted by molar-refractivity contribution is 6.05. The summed E-state index contributed by atoms with van der Waals surface area (Å²) in [6.45, 7) is 10.4. The lowest BCUT2D eigenvalue weighted by atomic mass is 9.90. The van der Waals surface area contributed by atoms with Gasteiger partial charge in [0.05, 0.1) is 5.54 Å². The molecule has 1 heterocycles. The Bertz CT molecular complexity index is 322. The quantitative estimate of drug-likeness (QED) is 0.726. The molecule has 1 aliphatic rings. The van der Waals surface area contributed by atoms with Gasteiger partial charge >= 0.3 is 6.03 Å². The maximum atomic E-state index is 11.6. The Kier molecular flexibility index (Phi) is 3.73. The number of nitrogens with two attached hydrogens (primary N) is 1. The van der Waals surface area contributed by atoms with Gasteiger partial charge in [-0.05, 0) is 25.7 Å². The Labute approximate surface area is 97.2 Å². The topological polar surface area (TPSA) is 58.7 Å². The lowest BCUT2D eigenvalue weighted by Crippen LogP contribution is -2.52. The number of hydrogen-bond donors (Lipinski definition) is 1. The Morgan fingerprint density at radius 1 is 1.62 bits per heavy atom. The summed E-state index contributed by atoms with van der Waals surface area (Å²) < 4.78 is 0. The molecule has 4 heteroatoms. The van der Waals surface area contributed by atoms with E-state index in [2.05, 4.69) is 25.4 Å². The van der Waals surface area contributed by atoms with Gasteiger partial charge in [0.1, 0.15) is 5.84 Å². The summed E-state index contributed by atoms with van der Waals surface area (Å²) in [7, 11) is 0. The van der Waals surface area contributed by atoms with Crippen molar-refractivity contribution in [3.8, 4) is 0 Å². The van der Waals surface area contributed by atoms with Crippen LogP contribution < -0.4 is 5.73 Å². The van der Waals surface area contributed by atoms with Crippen LogP contribution in [0.25, 0.3) is 0 Å². The highest BCUT2D eigenvalue weighted by atomic mass is 16.2. The first kappa shape index (κ1) is 12.7. The molecule has 0 spiro atoms. The van der Waals surface area contributed by atoms with Gasteiger partial charge in [-0.1, -0.05) is 19.9 Å². The number of carbonyl (C=O) groups excluding carboxylic acids is 1. The van der Waals surface area contributed by atoms with E-state index in [9.17, 15) is 4.79 Å². The minimum absolute atomic E-state index is 0.247. The second kappa shape index (κ2) is 4.68. The summed E-state index contributed by atoms with van der Waals surface area (Å²) >= 11 is 0. The molecule has 0 saturated heterocycles. The minimum Gasteiger partial charge on any atom is -0.385 e. The number of amides is 2. The third kappa shape index (κ3) is 2.26.